The number of methoxy groups -OCH3 is 1. The SMILES string of the molecule is COc1cc(C=Nn2c(=O)[nH]c3ccccc3c2=O)c(Br)cc1OCC(=O)Nc1cccc(F)c1. The van der Waals surface area contributed by atoms with Crippen molar-refractivity contribution in [1.82, 2.24) is 9.66 Å². The molecular weight excluding hydrogens is 523 g/mol. The summed E-state index contributed by atoms with van der Waals surface area (Å²) in [5, 5.41) is 6.89. The molecule has 3 aromatic carbocycles. The fourth-order valence-corrected chi connectivity index (χ4v) is 3.63. The number of rotatable bonds is 7. The lowest BCUT2D eigenvalue weighted by atomic mass is 10.2. The highest BCUT2D eigenvalue weighted by Crippen LogP contribution is 2.33. The Hall–Kier alpha value is -4.25. The third-order valence-corrected chi connectivity index (χ3v) is 5.53. The second kappa shape index (κ2) is 10.3. The lowest BCUT2D eigenvalue weighted by Crippen LogP contribution is -2.32. The van der Waals surface area contributed by atoms with Crippen molar-refractivity contribution in [3.63, 3.8) is 0 Å². The molecule has 4 aromatic rings. The summed E-state index contributed by atoms with van der Waals surface area (Å²) in [6.45, 7) is -0.353. The first-order chi connectivity index (χ1) is 16.9. The van der Waals surface area contributed by atoms with Crippen molar-refractivity contribution in [3.8, 4) is 11.5 Å². The first-order valence-corrected chi connectivity index (χ1v) is 11.0. The number of para-hydroxylation sites is 1. The van der Waals surface area contributed by atoms with E-state index in [4.69, 9.17) is 9.47 Å². The number of anilines is 1. The number of H-pyrrole nitrogens is 1. The molecule has 0 aliphatic rings. The maximum atomic E-state index is 13.3. The van der Waals surface area contributed by atoms with E-state index in [1.54, 1.807) is 42.5 Å². The first kappa shape index (κ1) is 23.9. The number of aromatic nitrogens is 2. The van der Waals surface area contributed by atoms with E-state index < -0.39 is 23.0 Å². The quantitative estimate of drug-likeness (QED) is 0.348. The van der Waals surface area contributed by atoms with E-state index >= 15 is 0 Å². The molecule has 0 atom stereocenters. The van der Waals surface area contributed by atoms with Crippen LogP contribution in [-0.4, -0.2) is 35.5 Å². The molecule has 4 rings (SSSR count). The van der Waals surface area contributed by atoms with Gasteiger partial charge in [0, 0.05) is 15.7 Å². The van der Waals surface area contributed by atoms with Gasteiger partial charge in [-0.2, -0.15) is 5.10 Å². The van der Waals surface area contributed by atoms with Crippen LogP contribution in [-0.2, 0) is 4.79 Å². The second-order valence-corrected chi connectivity index (χ2v) is 8.06. The second-order valence-electron chi connectivity index (χ2n) is 7.21. The number of aromatic amines is 1. The average molecular weight is 541 g/mol. The van der Waals surface area contributed by atoms with Gasteiger partial charge in [0.15, 0.2) is 18.1 Å². The number of benzene rings is 3. The van der Waals surface area contributed by atoms with Gasteiger partial charge in [0.2, 0.25) is 0 Å². The van der Waals surface area contributed by atoms with Gasteiger partial charge < -0.3 is 19.8 Å². The number of amides is 1. The molecule has 11 heteroatoms. The van der Waals surface area contributed by atoms with E-state index in [2.05, 4.69) is 31.3 Å². The summed E-state index contributed by atoms with van der Waals surface area (Å²) in [5.41, 5.74) is -0.0416. The lowest BCUT2D eigenvalue weighted by molar-refractivity contribution is -0.118. The molecule has 35 heavy (non-hydrogen) atoms. The lowest BCUT2D eigenvalue weighted by Gasteiger charge is -2.13. The van der Waals surface area contributed by atoms with Gasteiger partial charge in [-0.25, -0.2) is 9.18 Å². The van der Waals surface area contributed by atoms with Crippen molar-refractivity contribution in [2.24, 2.45) is 5.10 Å². The first-order valence-electron chi connectivity index (χ1n) is 10.2. The number of nitrogens with zero attached hydrogens (tertiary/aromatic N) is 2. The van der Waals surface area contributed by atoms with Crippen LogP contribution in [0.5, 0.6) is 11.5 Å². The molecule has 1 amide bonds. The molecule has 0 fully saturated rings. The minimum atomic E-state index is -0.683. The topological polar surface area (TPSA) is 115 Å². The zero-order valence-electron chi connectivity index (χ0n) is 18.2. The Kier molecular flexibility index (Phi) is 7.06. The Morgan fingerprint density at radius 2 is 1.94 bits per heavy atom. The number of carbonyl (C=O) groups excluding carboxylic acids is 1. The summed E-state index contributed by atoms with van der Waals surface area (Å²) >= 11 is 3.39. The molecular formula is C24H18BrFN4O5. The number of ether oxygens (including phenoxy) is 2. The molecule has 0 spiro atoms. The Morgan fingerprint density at radius 3 is 2.71 bits per heavy atom. The van der Waals surface area contributed by atoms with Gasteiger partial charge in [-0.05, 0) is 58.4 Å². The number of halogens is 2. The van der Waals surface area contributed by atoms with Crippen LogP contribution in [0.25, 0.3) is 10.9 Å². The van der Waals surface area contributed by atoms with Crippen LogP contribution in [0.4, 0.5) is 10.1 Å². The van der Waals surface area contributed by atoms with Crippen molar-refractivity contribution >= 4 is 44.6 Å². The minimum Gasteiger partial charge on any atom is -0.493 e. The van der Waals surface area contributed by atoms with Crippen molar-refractivity contribution in [1.29, 1.82) is 0 Å². The maximum absolute atomic E-state index is 13.3. The van der Waals surface area contributed by atoms with Gasteiger partial charge >= 0.3 is 5.69 Å². The minimum absolute atomic E-state index is 0.256. The molecule has 0 saturated carbocycles. The number of fused-ring (bicyclic) bond motifs is 1. The van der Waals surface area contributed by atoms with Crippen LogP contribution in [0.15, 0.2) is 79.8 Å². The summed E-state index contributed by atoms with van der Waals surface area (Å²) in [7, 11) is 1.42. The number of hydrogen-bond acceptors (Lipinski definition) is 6. The molecule has 178 valence electrons. The van der Waals surface area contributed by atoms with E-state index in [1.807, 2.05) is 0 Å². The summed E-state index contributed by atoms with van der Waals surface area (Å²) in [6, 6.07) is 15.2. The van der Waals surface area contributed by atoms with Crippen molar-refractivity contribution in [2.75, 3.05) is 19.0 Å². The Morgan fingerprint density at radius 1 is 1.14 bits per heavy atom. The van der Waals surface area contributed by atoms with Crippen LogP contribution in [0.2, 0.25) is 0 Å². The molecule has 2 N–H and O–H groups in total. The van der Waals surface area contributed by atoms with Gasteiger partial charge in [0.1, 0.15) is 5.82 Å². The Bertz CT molecular complexity index is 1560. The monoisotopic (exact) mass is 540 g/mol. The van der Waals surface area contributed by atoms with Crippen LogP contribution in [0.3, 0.4) is 0 Å². The number of carbonyl (C=O) groups is 1. The average Bonchev–Trinajstić information content (AvgIpc) is 2.83. The van der Waals surface area contributed by atoms with Gasteiger partial charge in [-0.15, -0.1) is 4.68 Å². The summed E-state index contributed by atoms with van der Waals surface area (Å²) < 4.78 is 25.4. The van der Waals surface area contributed by atoms with Gasteiger partial charge in [-0.1, -0.05) is 18.2 Å². The summed E-state index contributed by atoms with van der Waals surface area (Å²) in [6.07, 6.45) is 1.32. The van der Waals surface area contributed by atoms with Crippen LogP contribution < -0.4 is 26.0 Å². The standard InChI is InChI=1S/C24H18BrFN4O5/c1-34-20-9-14(12-27-30-23(32)17-7-2-3-8-19(17)29-24(30)33)18(25)11-21(20)35-13-22(31)28-16-6-4-5-15(26)10-16/h2-12H,13H2,1H3,(H,28,31)(H,29,33). The van der Waals surface area contributed by atoms with Crippen molar-refractivity contribution in [3.05, 3.63) is 97.4 Å². The molecule has 1 heterocycles. The maximum Gasteiger partial charge on any atom is 0.349 e. The summed E-state index contributed by atoms with van der Waals surface area (Å²) in [5.74, 6) is -0.423. The van der Waals surface area contributed by atoms with Crippen molar-refractivity contribution < 1.29 is 18.7 Å². The van der Waals surface area contributed by atoms with E-state index in [1.165, 1.54) is 31.5 Å². The Balaban J connectivity index is 1.54. The molecule has 9 nitrogen and oxygen atoms in total. The number of nitrogens with one attached hydrogen (secondary N) is 2. The highest BCUT2D eigenvalue weighted by Gasteiger charge is 2.13. The van der Waals surface area contributed by atoms with E-state index in [0.29, 0.717) is 26.6 Å². The third kappa shape index (κ3) is 5.46. The number of hydrogen-bond donors (Lipinski definition) is 2. The summed E-state index contributed by atoms with van der Waals surface area (Å²) in [4.78, 5) is 39.7. The van der Waals surface area contributed by atoms with Crippen LogP contribution >= 0.6 is 15.9 Å². The van der Waals surface area contributed by atoms with Crippen LogP contribution in [0.1, 0.15) is 5.56 Å². The van der Waals surface area contributed by atoms with Crippen LogP contribution in [0, 0.1) is 5.82 Å². The highest BCUT2D eigenvalue weighted by atomic mass is 79.9. The smallest absolute Gasteiger partial charge is 0.349 e. The van der Waals surface area contributed by atoms with E-state index in [9.17, 15) is 18.8 Å². The molecule has 0 saturated heterocycles. The van der Waals surface area contributed by atoms with E-state index in [0.717, 1.165) is 4.68 Å². The molecule has 0 unspecified atom stereocenters. The molecule has 0 aliphatic heterocycles. The predicted molar refractivity (Wildman–Crippen MR) is 133 cm³/mol. The molecule has 0 aliphatic carbocycles. The van der Waals surface area contributed by atoms with Gasteiger partial charge in [-0.3, -0.25) is 9.59 Å². The Labute approximate surface area is 205 Å². The van der Waals surface area contributed by atoms with Crippen molar-refractivity contribution in [2.45, 2.75) is 0 Å². The zero-order chi connectivity index (χ0) is 24.9. The third-order valence-electron chi connectivity index (χ3n) is 4.85. The predicted octanol–water partition coefficient (Wildman–Crippen LogP) is 3.50. The normalized spacial score (nSPS) is 11.1. The fourth-order valence-electron chi connectivity index (χ4n) is 3.21. The molecule has 1 aromatic heterocycles. The largest absolute Gasteiger partial charge is 0.493 e. The molecule has 0 bridgehead atoms. The highest BCUT2D eigenvalue weighted by molar-refractivity contribution is 9.10. The zero-order valence-corrected chi connectivity index (χ0v) is 19.8. The van der Waals surface area contributed by atoms with E-state index in [-0.39, 0.29) is 18.1 Å². The van der Waals surface area contributed by atoms with Gasteiger partial charge in [0.05, 0.1) is 24.2 Å². The fraction of sp³-hybridized carbons (Fsp3) is 0.0833. The van der Waals surface area contributed by atoms with Gasteiger partial charge in [0.25, 0.3) is 11.5 Å². The molecule has 0 radical (unpaired) electrons.